The van der Waals surface area contributed by atoms with E-state index in [-0.39, 0.29) is 6.42 Å². The minimum absolute atomic E-state index is 0.238. The number of carbonyl (C=O) groups is 1. The van der Waals surface area contributed by atoms with Gasteiger partial charge in [0.1, 0.15) is 0 Å². The Hall–Kier alpha value is -1.35. The minimum atomic E-state index is -0.985. The van der Waals surface area contributed by atoms with Crippen molar-refractivity contribution in [2.24, 2.45) is 0 Å². The van der Waals surface area contributed by atoms with Gasteiger partial charge < -0.3 is 10.2 Å². The molecule has 0 aromatic carbocycles. The summed E-state index contributed by atoms with van der Waals surface area (Å²) in [6.07, 6.45) is 20.2. The summed E-state index contributed by atoms with van der Waals surface area (Å²) in [5.74, 6) is -0.985. The third kappa shape index (κ3) is 16.6. The van der Waals surface area contributed by atoms with Crippen LogP contribution in [0.3, 0.4) is 0 Å². The van der Waals surface area contributed by atoms with Crippen molar-refractivity contribution in [1.82, 2.24) is 0 Å². The van der Waals surface area contributed by atoms with Crippen molar-refractivity contribution in [3.8, 4) is 0 Å². The molecule has 0 aliphatic carbocycles. The van der Waals surface area contributed by atoms with E-state index in [1.54, 1.807) is 6.08 Å². The highest BCUT2D eigenvalue weighted by molar-refractivity contribution is 5.67. The van der Waals surface area contributed by atoms with Crippen LogP contribution in [0.5, 0.6) is 0 Å². The zero-order valence-corrected chi connectivity index (χ0v) is 13.2. The summed E-state index contributed by atoms with van der Waals surface area (Å²) < 4.78 is 0. The Morgan fingerprint density at radius 2 is 1.57 bits per heavy atom. The molecule has 0 aromatic heterocycles. The van der Waals surface area contributed by atoms with E-state index in [0.29, 0.717) is 0 Å². The predicted molar refractivity (Wildman–Crippen MR) is 88.3 cm³/mol. The first-order valence-corrected chi connectivity index (χ1v) is 8.05. The average molecular weight is 294 g/mol. The van der Waals surface area contributed by atoms with E-state index in [2.05, 4.69) is 25.2 Å². The van der Waals surface area contributed by atoms with Crippen LogP contribution in [0.4, 0.5) is 0 Å². The zero-order valence-electron chi connectivity index (χ0n) is 13.2. The van der Waals surface area contributed by atoms with Crippen molar-refractivity contribution in [2.45, 2.75) is 70.8 Å². The number of allylic oxidation sites excluding steroid dienone is 5. The largest absolute Gasteiger partial charge is 0.481 e. The van der Waals surface area contributed by atoms with Crippen LogP contribution in [0.15, 0.2) is 36.5 Å². The normalized spacial score (nSPS) is 13.6. The molecule has 0 bridgehead atoms. The molecule has 1 atom stereocenters. The molecule has 2 N–H and O–H groups in total. The molecule has 0 unspecified atom stereocenters. The van der Waals surface area contributed by atoms with Crippen molar-refractivity contribution in [2.75, 3.05) is 0 Å². The molecular weight excluding hydrogens is 264 g/mol. The summed E-state index contributed by atoms with van der Waals surface area (Å²) in [5, 5.41) is 17.8. The SMILES string of the molecule is CC/C=C\CCCCCCC/C=C\C=C\[C@H](O)CC(=O)O. The van der Waals surface area contributed by atoms with Crippen molar-refractivity contribution in [1.29, 1.82) is 0 Å². The molecule has 0 fully saturated rings. The van der Waals surface area contributed by atoms with Crippen molar-refractivity contribution in [3.05, 3.63) is 36.5 Å². The maximum atomic E-state index is 10.3. The van der Waals surface area contributed by atoms with Crippen LogP contribution in [0.25, 0.3) is 0 Å². The Labute approximate surface area is 129 Å². The first kappa shape index (κ1) is 19.7. The van der Waals surface area contributed by atoms with Gasteiger partial charge in [-0.25, -0.2) is 0 Å². The van der Waals surface area contributed by atoms with E-state index >= 15 is 0 Å². The zero-order chi connectivity index (χ0) is 15.8. The third-order valence-electron chi connectivity index (χ3n) is 3.11. The van der Waals surface area contributed by atoms with E-state index in [1.165, 1.54) is 44.6 Å². The Morgan fingerprint density at radius 1 is 0.952 bits per heavy atom. The number of hydrogen-bond donors (Lipinski definition) is 2. The molecule has 21 heavy (non-hydrogen) atoms. The predicted octanol–water partition coefficient (Wildman–Crippen LogP) is 4.63. The second-order valence-electron chi connectivity index (χ2n) is 5.20. The molecule has 0 aromatic rings. The Bertz CT molecular complexity index is 329. The summed E-state index contributed by atoms with van der Waals surface area (Å²) in [7, 11) is 0. The number of carboxylic acids is 1. The molecule has 3 heteroatoms. The molecule has 0 aliphatic rings. The van der Waals surface area contributed by atoms with Crippen molar-refractivity contribution < 1.29 is 15.0 Å². The van der Waals surface area contributed by atoms with E-state index in [0.717, 1.165) is 12.8 Å². The van der Waals surface area contributed by atoms with E-state index in [9.17, 15) is 9.90 Å². The quantitative estimate of drug-likeness (QED) is 0.296. The van der Waals surface area contributed by atoms with Gasteiger partial charge in [-0.2, -0.15) is 0 Å². The molecule has 3 nitrogen and oxygen atoms in total. The maximum absolute atomic E-state index is 10.3. The number of rotatable bonds is 13. The van der Waals surface area contributed by atoms with Gasteiger partial charge in [0, 0.05) is 0 Å². The van der Waals surface area contributed by atoms with Crippen LogP contribution >= 0.6 is 0 Å². The highest BCUT2D eigenvalue weighted by atomic mass is 16.4. The smallest absolute Gasteiger partial charge is 0.306 e. The van der Waals surface area contributed by atoms with Gasteiger partial charge in [0.05, 0.1) is 12.5 Å². The summed E-state index contributed by atoms with van der Waals surface area (Å²) in [5.41, 5.74) is 0. The lowest BCUT2D eigenvalue weighted by Gasteiger charge is -1.99. The topological polar surface area (TPSA) is 57.5 Å². The highest BCUT2D eigenvalue weighted by Gasteiger charge is 2.03. The van der Waals surface area contributed by atoms with E-state index < -0.39 is 12.1 Å². The van der Waals surface area contributed by atoms with Gasteiger partial charge in [-0.3, -0.25) is 4.79 Å². The molecule has 0 heterocycles. The fourth-order valence-corrected chi connectivity index (χ4v) is 1.95. The van der Waals surface area contributed by atoms with E-state index in [1.807, 2.05) is 6.08 Å². The second kappa shape index (κ2) is 15.0. The molecule has 0 amide bonds. The molecule has 0 spiro atoms. The lowest BCUT2D eigenvalue weighted by molar-refractivity contribution is -0.138. The number of unbranched alkanes of at least 4 members (excludes halogenated alkanes) is 6. The number of aliphatic hydroxyl groups is 1. The Balaban J connectivity index is 3.38. The third-order valence-corrected chi connectivity index (χ3v) is 3.11. The summed E-state index contributed by atoms with van der Waals surface area (Å²) in [6.45, 7) is 2.16. The second-order valence-corrected chi connectivity index (χ2v) is 5.20. The molecule has 0 rings (SSSR count). The lowest BCUT2D eigenvalue weighted by atomic mass is 10.1. The van der Waals surface area contributed by atoms with Gasteiger partial charge >= 0.3 is 5.97 Å². The van der Waals surface area contributed by atoms with Crippen LogP contribution in [-0.2, 0) is 4.79 Å². The first-order valence-electron chi connectivity index (χ1n) is 8.05. The Kier molecular flexibility index (Phi) is 14.1. The van der Waals surface area contributed by atoms with Crippen LogP contribution in [-0.4, -0.2) is 22.3 Å². The van der Waals surface area contributed by atoms with Crippen LogP contribution in [0.2, 0.25) is 0 Å². The van der Waals surface area contributed by atoms with Crippen LogP contribution in [0.1, 0.15) is 64.7 Å². The van der Waals surface area contributed by atoms with Gasteiger partial charge in [0.15, 0.2) is 0 Å². The van der Waals surface area contributed by atoms with Gasteiger partial charge in [0.25, 0.3) is 0 Å². The number of aliphatic hydroxyl groups excluding tert-OH is 1. The highest BCUT2D eigenvalue weighted by Crippen LogP contribution is 2.08. The molecular formula is C18H30O3. The van der Waals surface area contributed by atoms with Gasteiger partial charge in [-0.1, -0.05) is 62.6 Å². The number of hydrogen-bond acceptors (Lipinski definition) is 2. The number of carboxylic acid groups (broad SMARTS) is 1. The van der Waals surface area contributed by atoms with Gasteiger partial charge in [-0.15, -0.1) is 0 Å². The fourth-order valence-electron chi connectivity index (χ4n) is 1.95. The molecule has 0 saturated carbocycles. The van der Waals surface area contributed by atoms with Crippen molar-refractivity contribution in [3.63, 3.8) is 0 Å². The molecule has 0 radical (unpaired) electrons. The van der Waals surface area contributed by atoms with Crippen LogP contribution < -0.4 is 0 Å². The molecule has 120 valence electrons. The maximum Gasteiger partial charge on any atom is 0.306 e. The standard InChI is InChI=1S/C18H30O3/c1-2-3-4-5-6-7-8-9-10-11-12-13-14-15-17(19)16-18(20)21/h3-4,12-15,17,19H,2,5-11,16H2,1H3,(H,20,21)/b4-3-,13-12-,15-14+/t17-/m0/s1. The first-order chi connectivity index (χ1) is 10.2. The Morgan fingerprint density at radius 3 is 2.19 bits per heavy atom. The van der Waals surface area contributed by atoms with Gasteiger partial charge in [-0.05, 0) is 32.1 Å². The summed E-state index contributed by atoms with van der Waals surface area (Å²) >= 11 is 0. The fraction of sp³-hybridized carbons (Fsp3) is 0.611. The lowest BCUT2D eigenvalue weighted by Crippen LogP contribution is -2.09. The van der Waals surface area contributed by atoms with Crippen LogP contribution in [0, 0.1) is 0 Å². The number of aliphatic carboxylic acids is 1. The average Bonchev–Trinajstić information content (AvgIpc) is 2.43. The summed E-state index contributed by atoms with van der Waals surface area (Å²) in [6, 6.07) is 0. The minimum Gasteiger partial charge on any atom is -0.481 e. The van der Waals surface area contributed by atoms with Crippen molar-refractivity contribution >= 4 is 5.97 Å². The molecule has 0 aliphatic heterocycles. The van der Waals surface area contributed by atoms with E-state index in [4.69, 9.17) is 5.11 Å². The molecule has 0 saturated heterocycles. The monoisotopic (exact) mass is 294 g/mol. The summed E-state index contributed by atoms with van der Waals surface area (Å²) in [4.78, 5) is 10.3. The van der Waals surface area contributed by atoms with Gasteiger partial charge in [0.2, 0.25) is 0 Å².